The van der Waals surface area contributed by atoms with Crippen LogP contribution in [-0.4, -0.2) is 57.4 Å². The average molecular weight is 533 g/mol. The van der Waals surface area contributed by atoms with Crippen LogP contribution in [0.2, 0.25) is 0 Å². The molecule has 4 heterocycles. The molecule has 0 aliphatic carbocycles. The normalized spacial score (nSPS) is 14.7. The van der Waals surface area contributed by atoms with Gasteiger partial charge in [-0.2, -0.15) is 0 Å². The van der Waals surface area contributed by atoms with Crippen LogP contribution in [0.4, 0.5) is 27.8 Å². The van der Waals surface area contributed by atoms with Crippen molar-refractivity contribution in [1.82, 2.24) is 15.0 Å². The second-order valence-corrected chi connectivity index (χ2v) is 10.7. The number of anilines is 4. The van der Waals surface area contributed by atoms with E-state index in [1.807, 2.05) is 33.9 Å². The van der Waals surface area contributed by atoms with Gasteiger partial charge in [0.1, 0.15) is 17.9 Å². The maximum atomic E-state index is 13.0. The first-order valence-electron chi connectivity index (χ1n) is 12.8. The van der Waals surface area contributed by atoms with Crippen LogP contribution in [0.1, 0.15) is 53.5 Å². The average Bonchev–Trinajstić information content (AvgIpc) is 2.87. The number of nitrogens with zero attached hydrogens (tertiary/aromatic N) is 5. The molecule has 39 heavy (non-hydrogen) atoms. The number of fused-ring (bicyclic) bond motifs is 2. The highest BCUT2D eigenvalue weighted by Crippen LogP contribution is 2.39. The van der Waals surface area contributed by atoms with Gasteiger partial charge < -0.3 is 24.8 Å². The SMILES string of the molecule is Cc1cc(Nc2ncc3c(n2)CN(c2cnc4c(c2C)N(C(=O)OC(C)(C)C)CCO4)CC3)ccc1C(=O)O. The fraction of sp³-hybridized carbons (Fsp3) is 0.393. The van der Waals surface area contributed by atoms with E-state index < -0.39 is 17.7 Å². The second-order valence-electron chi connectivity index (χ2n) is 10.7. The van der Waals surface area contributed by atoms with E-state index in [-0.39, 0.29) is 5.56 Å². The van der Waals surface area contributed by atoms with Crippen LogP contribution in [0.3, 0.4) is 0 Å². The Bertz CT molecular complexity index is 1450. The maximum absolute atomic E-state index is 13.0. The van der Waals surface area contributed by atoms with E-state index in [1.165, 1.54) is 0 Å². The van der Waals surface area contributed by atoms with Gasteiger partial charge in [-0.3, -0.25) is 4.90 Å². The van der Waals surface area contributed by atoms with Gasteiger partial charge in [0.2, 0.25) is 11.8 Å². The summed E-state index contributed by atoms with van der Waals surface area (Å²) in [5, 5.41) is 12.5. The third-order valence-corrected chi connectivity index (χ3v) is 6.68. The zero-order chi connectivity index (χ0) is 27.9. The molecule has 2 N–H and O–H groups in total. The Hall–Kier alpha value is -4.41. The summed E-state index contributed by atoms with van der Waals surface area (Å²) < 4.78 is 11.4. The number of amides is 1. The highest BCUT2D eigenvalue weighted by atomic mass is 16.6. The number of aryl methyl sites for hydroxylation is 1. The molecule has 11 heteroatoms. The molecule has 0 radical (unpaired) electrons. The van der Waals surface area contributed by atoms with Crippen LogP contribution in [0.5, 0.6) is 5.88 Å². The summed E-state index contributed by atoms with van der Waals surface area (Å²) in [5.74, 6) is -0.108. The Kier molecular flexibility index (Phi) is 6.75. The monoisotopic (exact) mass is 532 g/mol. The third-order valence-electron chi connectivity index (χ3n) is 6.68. The molecule has 0 spiro atoms. The number of nitrogens with one attached hydrogen (secondary N) is 1. The second kappa shape index (κ2) is 10.0. The topological polar surface area (TPSA) is 130 Å². The van der Waals surface area contributed by atoms with E-state index in [0.717, 1.165) is 35.5 Å². The summed E-state index contributed by atoms with van der Waals surface area (Å²) in [7, 11) is 0. The molecule has 5 rings (SSSR count). The van der Waals surface area contributed by atoms with Gasteiger partial charge in [0.25, 0.3) is 0 Å². The fourth-order valence-electron chi connectivity index (χ4n) is 4.83. The fourth-order valence-corrected chi connectivity index (χ4v) is 4.83. The molecule has 0 unspecified atom stereocenters. The zero-order valence-corrected chi connectivity index (χ0v) is 22.7. The van der Waals surface area contributed by atoms with Crippen molar-refractivity contribution in [2.45, 2.75) is 53.2 Å². The van der Waals surface area contributed by atoms with Gasteiger partial charge in [-0.05, 0) is 70.4 Å². The van der Waals surface area contributed by atoms with Gasteiger partial charge in [0.05, 0.1) is 36.2 Å². The first-order chi connectivity index (χ1) is 18.5. The van der Waals surface area contributed by atoms with Gasteiger partial charge in [-0.15, -0.1) is 0 Å². The molecular formula is C28H32N6O5. The highest BCUT2D eigenvalue weighted by molar-refractivity contribution is 5.92. The van der Waals surface area contributed by atoms with Crippen molar-refractivity contribution in [3.63, 3.8) is 0 Å². The van der Waals surface area contributed by atoms with Crippen molar-refractivity contribution in [1.29, 1.82) is 0 Å². The summed E-state index contributed by atoms with van der Waals surface area (Å²) in [4.78, 5) is 41.9. The zero-order valence-electron chi connectivity index (χ0n) is 22.7. The highest BCUT2D eigenvalue weighted by Gasteiger charge is 2.32. The van der Waals surface area contributed by atoms with Crippen LogP contribution in [0.15, 0.2) is 30.6 Å². The first-order valence-corrected chi connectivity index (χ1v) is 12.8. The molecule has 0 bridgehead atoms. The summed E-state index contributed by atoms with van der Waals surface area (Å²) >= 11 is 0. The number of rotatable bonds is 4. The number of aromatic nitrogens is 3. The van der Waals surface area contributed by atoms with E-state index in [0.29, 0.717) is 48.5 Å². The molecule has 204 valence electrons. The van der Waals surface area contributed by atoms with Crippen LogP contribution in [0, 0.1) is 13.8 Å². The maximum Gasteiger partial charge on any atom is 0.415 e. The number of hydrogen-bond donors (Lipinski definition) is 2. The lowest BCUT2D eigenvalue weighted by Crippen LogP contribution is -2.42. The number of carbonyl (C=O) groups excluding carboxylic acids is 1. The number of carboxylic acid groups (broad SMARTS) is 1. The molecule has 0 fully saturated rings. The van der Waals surface area contributed by atoms with Crippen molar-refractivity contribution in [3.05, 3.63) is 58.5 Å². The molecule has 11 nitrogen and oxygen atoms in total. The summed E-state index contributed by atoms with van der Waals surface area (Å²) in [6.45, 7) is 11.3. The van der Waals surface area contributed by atoms with Gasteiger partial charge in [0.15, 0.2) is 0 Å². The predicted octanol–water partition coefficient (Wildman–Crippen LogP) is 4.63. The molecular weight excluding hydrogens is 500 g/mol. The standard InChI is InChI=1S/C28H32N6O5/c1-16-12-19(6-7-20(16)25(35)36)31-26-30-13-18-8-9-33(15-21(18)32-26)22-14-29-24-23(17(22)2)34(10-11-38-24)27(37)39-28(3,4)5/h6-7,12-14H,8-11,15H2,1-5H3,(H,35,36)(H,30,31,32). The molecule has 2 aromatic heterocycles. The van der Waals surface area contributed by atoms with Crippen molar-refractivity contribution >= 4 is 35.1 Å². The predicted molar refractivity (Wildman–Crippen MR) is 146 cm³/mol. The summed E-state index contributed by atoms with van der Waals surface area (Å²) in [6.07, 6.45) is 3.94. The van der Waals surface area contributed by atoms with E-state index in [2.05, 4.69) is 20.2 Å². The van der Waals surface area contributed by atoms with Crippen LogP contribution < -0.4 is 19.9 Å². The molecule has 1 amide bonds. The number of pyridine rings is 1. The number of carboxylic acids is 1. The lowest BCUT2D eigenvalue weighted by atomic mass is 10.0. The van der Waals surface area contributed by atoms with Crippen molar-refractivity contribution < 1.29 is 24.2 Å². The van der Waals surface area contributed by atoms with E-state index in [1.54, 1.807) is 36.2 Å². The largest absolute Gasteiger partial charge is 0.478 e. The van der Waals surface area contributed by atoms with Gasteiger partial charge >= 0.3 is 12.1 Å². The number of ether oxygens (including phenoxy) is 2. The minimum absolute atomic E-state index is 0.257. The Balaban J connectivity index is 1.39. The smallest absolute Gasteiger partial charge is 0.415 e. The number of carbonyl (C=O) groups is 2. The molecule has 0 atom stereocenters. The number of hydrogen-bond acceptors (Lipinski definition) is 9. The molecule has 0 saturated carbocycles. The van der Waals surface area contributed by atoms with Gasteiger partial charge in [0, 0.05) is 24.0 Å². The molecule has 2 aliphatic heterocycles. The lowest BCUT2D eigenvalue weighted by molar-refractivity contribution is 0.0565. The van der Waals surface area contributed by atoms with Crippen LogP contribution >= 0.6 is 0 Å². The van der Waals surface area contributed by atoms with Gasteiger partial charge in [-0.1, -0.05) is 0 Å². The van der Waals surface area contributed by atoms with Crippen LogP contribution in [-0.2, 0) is 17.7 Å². The Morgan fingerprint density at radius 1 is 1.13 bits per heavy atom. The van der Waals surface area contributed by atoms with E-state index in [4.69, 9.17) is 14.5 Å². The molecule has 3 aromatic rings. The summed E-state index contributed by atoms with van der Waals surface area (Å²) in [6, 6.07) is 5.03. The third kappa shape index (κ3) is 5.43. The van der Waals surface area contributed by atoms with E-state index in [9.17, 15) is 14.7 Å². The van der Waals surface area contributed by atoms with Crippen LogP contribution in [0.25, 0.3) is 0 Å². The first kappa shape index (κ1) is 26.2. The Labute approximate surface area is 226 Å². The molecule has 1 aromatic carbocycles. The van der Waals surface area contributed by atoms with Crippen molar-refractivity contribution in [2.24, 2.45) is 0 Å². The Morgan fingerprint density at radius 3 is 2.64 bits per heavy atom. The molecule has 2 aliphatic rings. The quantitative estimate of drug-likeness (QED) is 0.491. The number of benzene rings is 1. The van der Waals surface area contributed by atoms with Crippen molar-refractivity contribution in [3.8, 4) is 5.88 Å². The van der Waals surface area contributed by atoms with Gasteiger partial charge in [-0.25, -0.2) is 24.5 Å². The molecule has 0 saturated heterocycles. The van der Waals surface area contributed by atoms with E-state index >= 15 is 0 Å². The van der Waals surface area contributed by atoms with Crippen molar-refractivity contribution in [2.75, 3.05) is 34.8 Å². The minimum atomic E-state index is -0.961. The number of aromatic carboxylic acids is 1. The Morgan fingerprint density at radius 2 is 1.92 bits per heavy atom. The lowest BCUT2D eigenvalue weighted by Gasteiger charge is -2.35. The minimum Gasteiger partial charge on any atom is -0.478 e. The summed E-state index contributed by atoms with van der Waals surface area (Å²) in [5.41, 5.74) is 5.36.